The maximum atomic E-state index is 12.0. The van der Waals surface area contributed by atoms with Crippen molar-refractivity contribution < 1.29 is 19.7 Å². The SMILES string of the molecule is CC(C)CCOc1ccc(C(=O)N/N=C/c2cccc(O)c2O)cc1. The fourth-order valence-electron chi connectivity index (χ4n) is 1.99. The number of amides is 1. The van der Waals surface area contributed by atoms with Crippen LogP contribution >= 0.6 is 0 Å². The molecule has 0 aliphatic carbocycles. The quantitative estimate of drug-likeness (QED) is 0.409. The molecule has 0 saturated heterocycles. The predicted octanol–water partition coefficient (Wildman–Crippen LogP) is 3.29. The zero-order chi connectivity index (χ0) is 18.2. The lowest BCUT2D eigenvalue weighted by Gasteiger charge is -2.08. The molecule has 0 aliphatic rings. The number of phenols is 2. The molecule has 0 unspecified atom stereocenters. The lowest BCUT2D eigenvalue weighted by molar-refractivity contribution is 0.0955. The first kappa shape index (κ1) is 18.3. The number of hydrogen-bond donors (Lipinski definition) is 3. The summed E-state index contributed by atoms with van der Waals surface area (Å²) in [6.45, 7) is 4.91. The first-order chi connectivity index (χ1) is 12.0. The highest BCUT2D eigenvalue weighted by molar-refractivity contribution is 5.95. The highest BCUT2D eigenvalue weighted by Gasteiger charge is 2.06. The topological polar surface area (TPSA) is 91.2 Å². The van der Waals surface area contributed by atoms with Gasteiger partial charge in [-0.1, -0.05) is 19.9 Å². The van der Waals surface area contributed by atoms with Crippen LogP contribution in [0.3, 0.4) is 0 Å². The van der Waals surface area contributed by atoms with E-state index in [2.05, 4.69) is 24.4 Å². The molecule has 2 aromatic carbocycles. The van der Waals surface area contributed by atoms with Gasteiger partial charge in [0, 0.05) is 11.1 Å². The Kier molecular flexibility index (Phi) is 6.39. The second kappa shape index (κ2) is 8.73. The van der Waals surface area contributed by atoms with E-state index in [4.69, 9.17) is 4.74 Å². The van der Waals surface area contributed by atoms with Crippen molar-refractivity contribution in [1.29, 1.82) is 0 Å². The first-order valence-electron chi connectivity index (χ1n) is 8.04. The van der Waals surface area contributed by atoms with Gasteiger partial charge in [0.25, 0.3) is 5.91 Å². The van der Waals surface area contributed by atoms with E-state index in [0.29, 0.717) is 29.4 Å². The Hall–Kier alpha value is -3.02. The Balaban J connectivity index is 1.90. The Morgan fingerprint density at radius 2 is 1.92 bits per heavy atom. The number of hydrazone groups is 1. The van der Waals surface area contributed by atoms with E-state index < -0.39 is 0 Å². The maximum Gasteiger partial charge on any atom is 0.271 e. The van der Waals surface area contributed by atoms with Crippen LogP contribution in [0.1, 0.15) is 36.2 Å². The van der Waals surface area contributed by atoms with E-state index in [9.17, 15) is 15.0 Å². The molecule has 0 aliphatic heterocycles. The van der Waals surface area contributed by atoms with Crippen molar-refractivity contribution >= 4 is 12.1 Å². The largest absolute Gasteiger partial charge is 0.504 e. The Morgan fingerprint density at radius 3 is 2.60 bits per heavy atom. The van der Waals surface area contributed by atoms with Crippen molar-refractivity contribution in [3.8, 4) is 17.2 Å². The fourth-order valence-corrected chi connectivity index (χ4v) is 1.99. The van der Waals surface area contributed by atoms with Gasteiger partial charge in [-0.3, -0.25) is 4.79 Å². The fraction of sp³-hybridized carbons (Fsp3) is 0.263. The molecule has 6 nitrogen and oxygen atoms in total. The number of carbonyl (C=O) groups is 1. The Morgan fingerprint density at radius 1 is 1.20 bits per heavy atom. The molecule has 25 heavy (non-hydrogen) atoms. The van der Waals surface area contributed by atoms with E-state index >= 15 is 0 Å². The summed E-state index contributed by atoms with van der Waals surface area (Å²) in [7, 11) is 0. The molecule has 3 N–H and O–H groups in total. The number of benzene rings is 2. The molecule has 0 bridgehead atoms. The number of hydrogen-bond acceptors (Lipinski definition) is 5. The smallest absolute Gasteiger partial charge is 0.271 e. The van der Waals surface area contributed by atoms with Crippen LogP contribution in [0.25, 0.3) is 0 Å². The predicted molar refractivity (Wildman–Crippen MR) is 96.2 cm³/mol. The van der Waals surface area contributed by atoms with Crippen molar-refractivity contribution in [1.82, 2.24) is 5.43 Å². The number of para-hydroxylation sites is 1. The van der Waals surface area contributed by atoms with Crippen LogP contribution in [0, 0.1) is 5.92 Å². The van der Waals surface area contributed by atoms with Gasteiger partial charge in [0.05, 0.1) is 12.8 Å². The number of aromatic hydroxyl groups is 2. The number of nitrogens with one attached hydrogen (secondary N) is 1. The van der Waals surface area contributed by atoms with Gasteiger partial charge < -0.3 is 14.9 Å². The summed E-state index contributed by atoms with van der Waals surface area (Å²) >= 11 is 0. The van der Waals surface area contributed by atoms with Gasteiger partial charge >= 0.3 is 0 Å². The van der Waals surface area contributed by atoms with Crippen LogP contribution in [0.4, 0.5) is 0 Å². The minimum absolute atomic E-state index is 0.247. The first-order valence-corrected chi connectivity index (χ1v) is 8.04. The summed E-state index contributed by atoms with van der Waals surface area (Å²) in [5.74, 6) is 0.371. The van der Waals surface area contributed by atoms with Crippen LogP contribution in [0.15, 0.2) is 47.6 Å². The second-order valence-corrected chi connectivity index (χ2v) is 5.97. The molecule has 0 aromatic heterocycles. The number of rotatable bonds is 7. The minimum atomic E-state index is -0.385. The number of carbonyl (C=O) groups excluding carboxylic acids is 1. The zero-order valence-electron chi connectivity index (χ0n) is 14.3. The molecule has 0 radical (unpaired) electrons. The molecule has 0 saturated carbocycles. The molecule has 1 amide bonds. The average molecular weight is 342 g/mol. The molecule has 2 aromatic rings. The van der Waals surface area contributed by atoms with Gasteiger partial charge in [0.2, 0.25) is 0 Å². The van der Waals surface area contributed by atoms with E-state index in [1.165, 1.54) is 12.3 Å². The zero-order valence-corrected chi connectivity index (χ0v) is 14.3. The van der Waals surface area contributed by atoms with Crippen LogP contribution in [-0.2, 0) is 0 Å². The molecule has 0 spiro atoms. The number of ether oxygens (including phenoxy) is 1. The Labute approximate surface area is 146 Å². The average Bonchev–Trinajstić information content (AvgIpc) is 2.59. The summed E-state index contributed by atoms with van der Waals surface area (Å²) in [6, 6.07) is 11.3. The molecule has 0 fully saturated rings. The molecular formula is C19H22N2O4. The van der Waals surface area contributed by atoms with Crippen molar-refractivity contribution in [2.75, 3.05) is 6.61 Å². The third kappa shape index (κ3) is 5.53. The van der Waals surface area contributed by atoms with E-state index in [1.807, 2.05) is 0 Å². The lowest BCUT2D eigenvalue weighted by atomic mass is 10.1. The molecule has 0 atom stereocenters. The summed E-state index contributed by atoms with van der Waals surface area (Å²) < 4.78 is 5.60. The molecule has 0 heterocycles. The Bertz CT molecular complexity index is 740. The molecule has 6 heteroatoms. The highest BCUT2D eigenvalue weighted by atomic mass is 16.5. The second-order valence-electron chi connectivity index (χ2n) is 5.97. The van der Waals surface area contributed by atoms with Crippen LogP contribution in [0.5, 0.6) is 17.2 Å². The van der Waals surface area contributed by atoms with Gasteiger partial charge in [-0.25, -0.2) is 5.43 Å². The van der Waals surface area contributed by atoms with Crippen LogP contribution in [-0.4, -0.2) is 28.9 Å². The van der Waals surface area contributed by atoms with Crippen molar-refractivity contribution in [2.24, 2.45) is 11.0 Å². The van der Waals surface area contributed by atoms with Crippen molar-refractivity contribution in [3.05, 3.63) is 53.6 Å². The number of phenolic OH excluding ortho intramolecular Hbond substituents is 2. The van der Waals surface area contributed by atoms with Crippen molar-refractivity contribution in [2.45, 2.75) is 20.3 Å². The summed E-state index contributed by atoms with van der Waals surface area (Å²) in [5, 5.41) is 22.8. The maximum absolute atomic E-state index is 12.0. The third-order valence-corrected chi connectivity index (χ3v) is 3.50. The van der Waals surface area contributed by atoms with Gasteiger partial charge in [0.15, 0.2) is 11.5 Å². The van der Waals surface area contributed by atoms with Crippen LogP contribution < -0.4 is 10.2 Å². The van der Waals surface area contributed by atoms with Gasteiger partial charge in [0.1, 0.15) is 5.75 Å². The third-order valence-electron chi connectivity index (χ3n) is 3.50. The summed E-state index contributed by atoms with van der Waals surface area (Å²) in [4.78, 5) is 12.0. The molecular weight excluding hydrogens is 320 g/mol. The van der Waals surface area contributed by atoms with Gasteiger partial charge in [-0.05, 0) is 48.7 Å². The van der Waals surface area contributed by atoms with Gasteiger partial charge in [-0.2, -0.15) is 5.10 Å². The standard InChI is InChI=1S/C19H22N2O4/c1-13(2)10-11-25-16-8-6-14(7-9-16)19(24)21-20-12-15-4-3-5-17(22)18(15)23/h3-9,12-13,22-23H,10-11H2,1-2H3,(H,21,24)/b20-12+. The van der Waals surface area contributed by atoms with E-state index in [0.717, 1.165) is 6.42 Å². The normalized spacial score (nSPS) is 11.0. The summed E-state index contributed by atoms with van der Waals surface area (Å²) in [6.07, 6.45) is 2.23. The minimum Gasteiger partial charge on any atom is -0.504 e. The van der Waals surface area contributed by atoms with Crippen LogP contribution in [0.2, 0.25) is 0 Å². The number of nitrogens with zero attached hydrogens (tertiary/aromatic N) is 1. The van der Waals surface area contributed by atoms with E-state index in [-0.39, 0.29) is 17.4 Å². The molecule has 2 rings (SSSR count). The van der Waals surface area contributed by atoms with Gasteiger partial charge in [-0.15, -0.1) is 0 Å². The lowest BCUT2D eigenvalue weighted by Crippen LogP contribution is -2.17. The van der Waals surface area contributed by atoms with E-state index in [1.54, 1.807) is 36.4 Å². The highest BCUT2D eigenvalue weighted by Crippen LogP contribution is 2.26. The monoisotopic (exact) mass is 342 g/mol. The molecule has 132 valence electrons. The van der Waals surface area contributed by atoms with Crippen molar-refractivity contribution in [3.63, 3.8) is 0 Å². The summed E-state index contributed by atoms with van der Waals surface area (Å²) in [5.41, 5.74) is 3.11.